The maximum absolute atomic E-state index is 14.7. The second-order valence-electron chi connectivity index (χ2n) is 9.48. The summed E-state index contributed by atoms with van der Waals surface area (Å²) in [6, 6.07) is 4.99. The SMILES string of the molecule is O[C@@H](C[C@@H]1c2c(F)cccc2-c2cncn21)C1C2CC3CC1CC(O)(C3)C2. The van der Waals surface area contributed by atoms with Gasteiger partial charge in [-0.1, -0.05) is 12.1 Å². The van der Waals surface area contributed by atoms with Gasteiger partial charge in [-0.15, -0.1) is 0 Å². The average Bonchev–Trinajstić information content (AvgIpc) is 3.16. The zero-order valence-electron chi connectivity index (χ0n) is 15.3. The van der Waals surface area contributed by atoms with Gasteiger partial charge in [0, 0.05) is 11.1 Å². The Morgan fingerprint density at radius 3 is 2.74 bits per heavy atom. The number of benzene rings is 1. The van der Waals surface area contributed by atoms with Gasteiger partial charge in [0.1, 0.15) is 5.82 Å². The Bertz CT molecular complexity index is 893. The number of nitrogens with zero attached hydrogens (tertiary/aromatic N) is 2. The molecule has 1 aromatic carbocycles. The molecule has 0 radical (unpaired) electrons. The molecule has 7 rings (SSSR count). The second kappa shape index (κ2) is 5.42. The Kier molecular flexibility index (Phi) is 3.26. The Balaban J connectivity index is 1.32. The predicted molar refractivity (Wildman–Crippen MR) is 98.4 cm³/mol. The highest BCUT2D eigenvalue weighted by molar-refractivity contribution is 5.69. The molecule has 4 saturated carbocycles. The number of hydrogen-bond donors (Lipinski definition) is 2. The molecule has 1 aliphatic heterocycles. The van der Waals surface area contributed by atoms with E-state index in [0.717, 1.165) is 43.4 Å². The van der Waals surface area contributed by atoms with Crippen molar-refractivity contribution in [2.24, 2.45) is 23.7 Å². The Morgan fingerprint density at radius 2 is 2.00 bits per heavy atom. The maximum atomic E-state index is 14.7. The highest BCUT2D eigenvalue weighted by atomic mass is 19.1. The van der Waals surface area contributed by atoms with Gasteiger partial charge >= 0.3 is 0 Å². The number of hydrogen-bond acceptors (Lipinski definition) is 3. The summed E-state index contributed by atoms with van der Waals surface area (Å²) < 4.78 is 16.7. The van der Waals surface area contributed by atoms with Gasteiger partial charge in [-0.2, -0.15) is 0 Å². The van der Waals surface area contributed by atoms with E-state index in [1.807, 2.05) is 10.6 Å². The van der Waals surface area contributed by atoms with Crippen LogP contribution in [0.3, 0.4) is 0 Å². The number of aliphatic hydroxyl groups excluding tert-OH is 1. The van der Waals surface area contributed by atoms with Gasteiger partial charge in [0.25, 0.3) is 0 Å². The fourth-order valence-corrected chi connectivity index (χ4v) is 7.27. The van der Waals surface area contributed by atoms with Crippen LogP contribution in [0.2, 0.25) is 0 Å². The van der Waals surface area contributed by atoms with Gasteiger partial charge in [0.15, 0.2) is 0 Å². The minimum atomic E-state index is -0.490. The molecule has 0 saturated heterocycles. The molecule has 142 valence electrons. The van der Waals surface area contributed by atoms with Crippen LogP contribution in [0.15, 0.2) is 30.7 Å². The summed E-state index contributed by atoms with van der Waals surface area (Å²) >= 11 is 0. The third-order valence-electron chi connectivity index (χ3n) is 7.89. The zero-order valence-corrected chi connectivity index (χ0v) is 15.3. The highest BCUT2D eigenvalue weighted by Gasteiger charge is 2.56. The summed E-state index contributed by atoms with van der Waals surface area (Å²) in [6.45, 7) is 0. The van der Waals surface area contributed by atoms with Crippen LogP contribution < -0.4 is 0 Å². The molecule has 27 heavy (non-hydrogen) atoms. The molecule has 4 bridgehead atoms. The van der Waals surface area contributed by atoms with E-state index in [1.54, 1.807) is 18.6 Å². The largest absolute Gasteiger partial charge is 0.393 e. The molecule has 4 atom stereocenters. The number of rotatable bonds is 3. The molecule has 4 fully saturated rings. The summed E-state index contributed by atoms with van der Waals surface area (Å²) in [5, 5.41) is 22.1. The van der Waals surface area contributed by atoms with Crippen molar-refractivity contribution in [2.45, 2.75) is 56.3 Å². The number of aromatic nitrogens is 2. The van der Waals surface area contributed by atoms with E-state index >= 15 is 0 Å². The normalized spacial score (nSPS) is 39.4. The number of fused-ring (bicyclic) bond motifs is 3. The lowest BCUT2D eigenvalue weighted by Gasteiger charge is -2.59. The van der Waals surface area contributed by atoms with Crippen LogP contribution in [0.1, 0.15) is 50.1 Å². The first-order valence-electron chi connectivity index (χ1n) is 10.2. The summed E-state index contributed by atoms with van der Waals surface area (Å²) in [5.41, 5.74) is 2.03. The van der Waals surface area contributed by atoms with Crippen molar-refractivity contribution in [1.82, 2.24) is 9.55 Å². The first-order valence-corrected chi connectivity index (χ1v) is 10.2. The van der Waals surface area contributed by atoms with Crippen molar-refractivity contribution in [3.05, 3.63) is 42.1 Å². The quantitative estimate of drug-likeness (QED) is 0.871. The Labute approximate surface area is 158 Å². The highest BCUT2D eigenvalue weighted by Crippen LogP contribution is 2.59. The smallest absolute Gasteiger partial charge is 0.129 e. The average molecular weight is 368 g/mol. The third-order valence-corrected chi connectivity index (χ3v) is 7.89. The fraction of sp³-hybridized carbons (Fsp3) is 0.591. The summed E-state index contributed by atoms with van der Waals surface area (Å²) in [6.07, 6.45) is 8.43. The van der Waals surface area contributed by atoms with Crippen LogP contribution in [-0.4, -0.2) is 31.5 Å². The van der Waals surface area contributed by atoms with Crippen molar-refractivity contribution in [2.75, 3.05) is 0 Å². The first kappa shape index (κ1) is 16.3. The van der Waals surface area contributed by atoms with Crippen LogP contribution in [0, 0.1) is 29.5 Å². The minimum absolute atomic E-state index is 0.200. The summed E-state index contributed by atoms with van der Waals surface area (Å²) in [7, 11) is 0. The molecular formula is C22H25FN2O2. The van der Waals surface area contributed by atoms with E-state index in [-0.39, 0.29) is 17.8 Å². The van der Waals surface area contributed by atoms with Gasteiger partial charge in [-0.3, -0.25) is 0 Å². The van der Waals surface area contributed by atoms with Crippen molar-refractivity contribution in [3.8, 4) is 11.3 Å². The van der Waals surface area contributed by atoms with E-state index in [2.05, 4.69) is 4.98 Å². The van der Waals surface area contributed by atoms with Crippen LogP contribution >= 0.6 is 0 Å². The van der Waals surface area contributed by atoms with Crippen molar-refractivity contribution >= 4 is 0 Å². The second-order valence-corrected chi connectivity index (χ2v) is 9.48. The topological polar surface area (TPSA) is 58.3 Å². The molecule has 1 aromatic heterocycles. The molecule has 2 aromatic rings. The lowest BCUT2D eigenvalue weighted by molar-refractivity contribution is -0.174. The molecule has 2 unspecified atom stereocenters. The van der Waals surface area contributed by atoms with Crippen molar-refractivity contribution in [1.29, 1.82) is 0 Å². The lowest BCUT2D eigenvalue weighted by Crippen LogP contribution is -2.57. The van der Waals surface area contributed by atoms with E-state index < -0.39 is 11.7 Å². The van der Waals surface area contributed by atoms with Gasteiger partial charge in [0.05, 0.1) is 36.0 Å². The van der Waals surface area contributed by atoms with E-state index in [9.17, 15) is 14.6 Å². The minimum Gasteiger partial charge on any atom is -0.393 e. The van der Waals surface area contributed by atoms with Gasteiger partial charge in [-0.25, -0.2) is 9.37 Å². The molecule has 4 aliphatic carbocycles. The molecular weight excluding hydrogens is 343 g/mol. The van der Waals surface area contributed by atoms with Crippen molar-refractivity contribution in [3.63, 3.8) is 0 Å². The number of aliphatic hydroxyl groups is 2. The maximum Gasteiger partial charge on any atom is 0.129 e. The summed E-state index contributed by atoms with van der Waals surface area (Å²) in [5.74, 6) is 1.46. The standard InChI is InChI=1S/C22H25FN2O2/c23-16-3-1-2-15-18-10-24-11-25(18)17(21(15)16)6-19(26)20-13-4-12-5-14(20)9-22(27,7-12)8-13/h1-3,10-14,17,19-20,26-27H,4-9H2/t12?,13?,14?,17-,19+,20?,22?/m1/s1. The van der Waals surface area contributed by atoms with Crippen molar-refractivity contribution < 1.29 is 14.6 Å². The molecule has 5 heteroatoms. The fourth-order valence-electron chi connectivity index (χ4n) is 7.27. The van der Waals surface area contributed by atoms with Crippen LogP contribution in [-0.2, 0) is 0 Å². The van der Waals surface area contributed by atoms with Crippen LogP contribution in [0.25, 0.3) is 11.3 Å². The third kappa shape index (κ3) is 2.24. The van der Waals surface area contributed by atoms with Crippen LogP contribution in [0.5, 0.6) is 0 Å². The predicted octanol–water partition coefficient (Wildman–Crippen LogP) is 3.53. The molecule has 0 amide bonds. The van der Waals surface area contributed by atoms with E-state index in [4.69, 9.17) is 0 Å². The van der Waals surface area contributed by atoms with E-state index in [1.165, 1.54) is 6.07 Å². The number of halogens is 1. The lowest BCUT2D eigenvalue weighted by atomic mass is 9.49. The summed E-state index contributed by atoms with van der Waals surface area (Å²) in [4.78, 5) is 4.25. The van der Waals surface area contributed by atoms with Gasteiger partial charge < -0.3 is 14.8 Å². The molecule has 2 N–H and O–H groups in total. The number of imidazole rings is 1. The van der Waals surface area contributed by atoms with Gasteiger partial charge in [0.2, 0.25) is 0 Å². The molecule has 0 spiro atoms. The molecule has 2 heterocycles. The monoisotopic (exact) mass is 368 g/mol. The van der Waals surface area contributed by atoms with E-state index in [0.29, 0.717) is 29.7 Å². The first-order chi connectivity index (χ1) is 13.0. The molecule has 5 aliphatic rings. The zero-order chi connectivity index (χ0) is 18.3. The Morgan fingerprint density at radius 1 is 1.22 bits per heavy atom. The molecule has 4 nitrogen and oxygen atoms in total. The van der Waals surface area contributed by atoms with Crippen LogP contribution in [0.4, 0.5) is 4.39 Å². The van der Waals surface area contributed by atoms with Gasteiger partial charge in [-0.05, 0) is 68.3 Å². The Hall–Kier alpha value is -1.72.